The highest BCUT2D eigenvalue weighted by molar-refractivity contribution is 8.00. The second-order valence-electron chi connectivity index (χ2n) is 3.00. The summed E-state index contributed by atoms with van der Waals surface area (Å²) in [6.45, 7) is 2.18. The minimum Gasteiger partial charge on any atom is -0.274 e. The molecule has 0 radical (unpaired) electrons. The molecule has 1 aromatic rings. The van der Waals surface area contributed by atoms with Crippen molar-refractivity contribution in [1.82, 2.24) is 5.48 Å². The van der Waals surface area contributed by atoms with E-state index < -0.39 is 4.92 Å². The number of hydroxylamine groups is 1. The van der Waals surface area contributed by atoms with Gasteiger partial charge < -0.3 is 0 Å². The molecule has 6 nitrogen and oxygen atoms in total. The van der Waals surface area contributed by atoms with Crippen molar-refractivity contribution in [2.75, 3.05) is 12.4 Å². The first-order chi connectivity index (χ1) is 8.13. The molecule has 1 rings (SSSR count). The van der Waals surface area contributed by atoms with Crippen molar-refractivity contribution in [3.63, 3.8) is 0 Å². The average Bonchev–Trinajstić information content (AvgIpc) is 2.34. The Labute approximate surface area is 102 Å². The molecule has 0 bridgehead atoms. The van der Waals surface area contributed by atoms with E-state index in [1.54, 1.807) is 19.1 Å². The summed E-state index contributed by atoms with van der Waals surface area (Å²) in [7, 11) is 0. The normalized spacial score (nSPS) is 9.94. The topological polar surface area (TPSA) is 81.5 Å². The molecule has 0 atom stereocenters. The minimum atomic E-state index is -0.462. The minimum absolute atomic E-state index is 0.0353. The van der Waals surface area contributed by atoms with Gasteiger partial charge in [-0.1, -0.05) is 0 Å². The van der Waals surface area contributed by atoms with Gasteiger partial charge in [0.15, 0.2) is 0 Å². The summed E-state index contributed by atoms with van der Waals surface area (Å²) in [5.41, 5.74) is 2.30. The van der Waals surface area contributed by atoms with Gasteiger partial charge >= 0.3 is 0 Å². The van der Waals surface area contributed by atoms with Crippen molar-refractivity contribution in [3.8, 4) is 0 Å². The van der Waals surface area contributed by atoms with Gasteiger partial charge in [0, 0.05) is 17.0 Å². The van der Waals surface area contributed by atoms with E-state index in [9.17, 15) is 14.9 Å². The lowest BCUT2D eigenvalue weighted by atomic mass is 10.3. The van der Waals surface area contributed by atoms with Crippen molar-refractivity contribution < 1.29 is 14.6 Å². The summed E-state index contributed by atoms with van der Waals surface area (Å²) in [6.07, 6.45) is 0. The summed E-state index contributed by atoms with van der Waals surface area (Å²) >= 11 is 1.28. The Balaban J connectivity index is 2.42. The van der Waals surface area contributed by atoms with Crippen LogP contribution in [0.3, 0.4) is 0 Å². The number of nitro benzene ring substituents is 1. The predicted octanol–water partition coefficient (Wildman–Crippen LogP) is 1.75. The molecule has 0 unspecified atom stereocenters. The van der Waals surface area contributed by atoms with Crippen LogP contribution in [0.2, 0.25) is 0 Å². The first-order valence-corrected chi connectivity index (χ1v) is 5.90. The number of carbonyl (C=O) groups excluding carboxylic acids is 1. The van der Waals surface area contributed by atoms with Crippen molar-refractivity contribution in [3.05, 3.63) is 34.4 Å². The Bertz CT molecular complexity index is 394. The fourth-order valence-electron chi connectivity index (χ4n) is 0.995. The highest BCUT2D eigenvalue weighted by atomic mass is 32.2. The Morgan fingerprint density at radius 2 is 2.12 bits per heavy atom. The molecule has 17 heavy (non-hydrogen) atoms. The van der Waals surface area contributed by atoms with Crippen LogP contribution >= 0.6 is 11.8 Å². The van der Waals surface area contributed by atoms with Crippen molar-refractivity contribution in [2.45, 2.75) is 11.8 Å². The molecule has 0 saturated carbocycles. The monoisotopic (exact) mass is 256 g/mol. The maximum absolute atomic E-state index is 11.2. The molecule has 0 heterocycles. The second-order valence-corrected chi connectivity index (χ2v) is 4.05. The van der Waals surface area contributed by atoms with Crippen LogP contribution < -0.4 is 5.48 Å². The van der Waals surface area contributed by atoms with Crippen LogP contribution in [0.4, 0.5) is 5.69 Å². The SMILES string of the molecule is CCONC(=O)CSc1ccc([N+](=O)[O-])cc1. The quantitative estimate of drug-likeness (QED) is 0.476. The lowest BCUT2D eigenvalue weighted by Crippen LogP contribution is -2.25. The first kappa shape index (κ1) is 13.5. The molecule has 0 saturated heterocycles. The van der Waals surface area contributed by atoms with E-state index in [1.807, 2.05) is 0 Å². The molecular weight excluding hydrogens is 244 g/mol. The number of nitrogens with one attached hydrogen (secondary N) is 1. The maximum Gasteiger partial charge on any atom is 0.269 e. The van der Waals surface area contributed by atoms with E-state index >= 15 is 0 Å². The number of thioether (sulfide) groups is 1. The Morgan fingerprint density at radius 3 is 2.65 bits per heavy atom. The predicted molar refractivity (Wildman–Crippen MR) is 63.6 cm³/mol. The molecule has 1 N–H and O–H groups in total. The van der Waals surface area contributed by atoms with E-state index in [4.69, 9.17) is 4.84 Å². The first-order valence-electron chi connectivity index (χ1n) is 4.91. The number of carbonyl (C=O) groups is 1. The maximum atomic E-state index is 11.2. The number of nitro groups is 1. The fraction of sp³-hybridized carbons (Fsp3) is 0.300. The van der Waals surface area contributed by atoms with Crippen LogP contribution in [-0.2, 0) is 9.63 Å². The van der Waals surface area contributed by atoms with Gasteiger partial charge in [-0.05, 0) is 19.1 Å². The lowest BCUT2D eigenvalue weighted by Gasteiger charge is -2.03. The van der Waals surface area contributed by atoms with Crippen molar-refractivity contribution >= 4 is 23.4 Å². The van der Waals surface area contributed by atoms with Gasteiger partial charge in [-0.25, -0.2) is 5.48 Å². The van der Waals surface area contributed by atoms with Gasteiger partial charge in [0.25, 0.3) is 11.6 Å². The third kappa shape index (κ3) is 4.83. The number of rotatable bonds is 6. The number of hydrogen-bond donors (Lipinski definition) is 1. The van der Waals surface area contributed by atoms with Gasteiger partial charge in [-0.15, -0.1) is 11.8 Å². The standard InChI is InChI=1S/C10H12N2O4S/c1-2-16-11-10(13)7-17-9-5-3-8(4-6-9)12(14)15/h3-6H,2,7H2,1H3,(H,11,13). The smallest absolute Gasteiger partial charge is 0.269 e. The molecule has 0 aliphatic carbocycles. The fourth-order valence-corrected chi connectivity index (χ4v) is 1.68. The van der Waals surface area contributed by atoms with Gasteiger partial charge in [0.1, 0.15) is 0 Å². The van der Waals surface area contributed by atoms with Crippen molar-refractivity contribution in [2.24, 2.45) is 0 Å². The summed E-state index contributed by atoms with van der Waals surface area (Å²) in [6, 6.07) is 6.03. The van der Waals surface area contributed by atoms with Crippen LogP contribution in [0.1, 0.15) is 6.92 Å². The summed E-state index contributed by atoms with van der Waals surface area (Å²) in [5, 5.41) is 10.4. The summed E-state index contributed by atoms with van der Waals surface area (Å²) in [5.74, 6) is -0.0344. The molecule has 1 aromatic carbocycles. The Kier molecular flexibility index (Phi) is 5.44. The Morgan fingerprint density at radius 1 is 1.47 bits per heavy atom. The van der Waals surface area contributed by atoms with Gasteiger partial charge in [0.05, 0.1) is 17.3 Å². The molecular formula is C10H12N2O4S. The molecule has 7 heteroatoms. The third-order valence-electron chi connectivity index (χ3n) is 1.75. The molecule has 0 aliphatic heterocycles. The van der Waals surface area contributed by atoms with Gasteiger partial charge in [0.2, 0.25) is 0 Å². The van der Waals surface area contributed by atoms with Crippen LogP contribution in [-0.4, -0.2) is 23.2 Å². The van der Waals surface area contributed by atoms with Crippen LogP contribution in [0.5, 0.6) is 0 Å². The number of nitrogens with zero attached hydrogens (tertiary/aromatic N) is 1. The summed E-state index contributed by atoms with van der Waals surface area (Å²) in [4.78, 5) is 26.7. The zero-order chi connectivity index (χ0) is 12.7. The number of non-ortho nitro benzene ring substituents is 1. The molecule has 0 spiro atoms. The van der Waals surface area contributed by atoms with E-state index in [-0.39, 0.29) is 17.3 Å². The zero-order valence-corrected chi connectivity index (χ0v) is 10.0. The molecule has 0 aliphatic rings. The highest BCUT2D eigenvalue weighted by Gasteiger charge is 2.06. The zero-order valence-electron chi connectivity index (χ0n) is 9.21. The van der Waals surface area contributed by atoms with E-state index in [2.05, 4.69) is 5.48 Å². The van der Waals surface area contributed by atoms with E-state index in [0.717, 1.165) is 4.90 Å². The number of hydrogen-bond acceptors (Lipinski definition) is 5. The van der Waals surface area contributed by atoms with Gasteiger partial charge in [-0.2, -0.15) is 0 Å². The molecule has 0 aromatic heterocycles. The highest BCUT2D eigenvalue weighted by Crippen LogP contribution is 2.20. The summed E-state index contributed by atoms with van der Waals surface area (Å²) < 4.78 is 0. The van der Waals surface area contributed by atoms with Crippen LogP contribution in [0, 0.1) is 10.1 Å². The van der Waals surface area contributed by atoms with Gasteiger partial charge in [-0.3, -0.25) is 19.7 Å². The average molecular weight is 256 g/mol. The van der Waals surface area contributed by atoms with Crippen molar-refractivity contribution in [1.29, 1.82) is 0 Å². The van der Waals surface area contributed by atoms with E-state index in [0.29, 0.717) is 6.61 Å². The molecule has 0 fully saturated rings. The molecule has 1 amide bonds. The van der Waals surface area contributed by atoms with Crippen LogP contribution in [0.15, 0.2) is 29.2 Å². The largest absolute Gasteiger partial charge is 0.274 e. The van der Waals surface area contributed by atoms with E-state index in [1.165, 1.54) is 23.9 Å². The van der Waals surface area contributed by atoms with Crippen LogP contribution in [0.25, 0.3) is 0 Å². The lowest BCUT2D eigenvalue weighted by molar-refractivity contribution is -0.384. The second kappa shape index (κ2) is 6.87. The third-order valence-corrected chi connectivity index (χ3v) is 2.76. The Hall–Kier alpha value is -1.60. The number of benzene rings is 1. The number of amides is 1. The molecule has 92 valence electrons.